The van der Waals surface area contributed by atoms with E-state index in [0.29, 0.717) is 0 Å². The maximum absolute atomic E-state index is 5.79. The number of hydrazine groups is 1. The van der Waals surface area contributed by atoms with E-state index in [-0.39, 0.29) is 6.04 Å². The molecule has 0 amide bonds. The van der Waals surface area contributed by atoms with Gasteiger partial charge < -0.3 is 0 Å². The molecule has 0 aliphatic heterocycles. The largest absolute Gasteiger partial charge is 0.271 e. The molecule has 0 radical (unpaired) electrons. The molecule has 0 aliphatic carbocycles. The summed E-state index contributed by atoms with van der Waals surface area (Å²) >= 11 is 0. The fourth-order valence-corrected chi connectivity index (χ4v) is 2.60. The molecule has 1 unspecified atom stereocenters. The van der Waals surface area contributed by atoms with Gasteiger partial charge in [-0.05, 0) is 19.1 Å². The van der Waals surface area contributed by atoms with Crippen LogP contribution in [-0.4, -0.2) is 14.8 Å². The lowest BCUT2D eigenvalue weighted by molar-refractivity contribution is 0.576. The minimum Gasteiger partial charge on any atom is -0.271 e. The summed E-state index contributed by atoms with van der Waals surface area (Å²) in [6.45, 7) is 1.97. The zero-order valence-corrected chi connectivity index (χ0v) is 11.5. The molecule has 1 aromatic carbocycles. The van der Waals surface area contributed by atoms with Crippen LogP contribution in [-0.2, 0) is 7.05 Å². The summed E-state index contributed by atoms with van der Waals surface area (Å²) in [6.07, 6.45) is 1.80. The van der Waals surface area contributed by atoms with Crippen molar-refractivity contribution in [2.24, 2.45) is 12.9 Å². The average molecular weight is 267 g/mol. The highest BCUT2D eigenvalue weighted by Crippen LogP contribution is 2.27. The summed E-state index contributed by atoms with van der Waals surface area (Å²) in [5, 5.41) is 5.49. The van der Waals surface area contributed by atoms with E-state index in [1.54, 1.807) is 6.20 Å². The third kappa shape index (κ3) is 2.07. The first-order chi connectivity index (χ1) is 9.70. The molecule has 102 valence electrons. The molecule has 5 heteroatoms. The second kappa shape index (κ2) is 5.03. The molecular formula is C15H17N5. The van der Waals surface area contributed by atoms with Gasteiger partial charge in [-0.25, -0.2) is 5.43 Å². The monoisotopic (exact) mass is 267 g/mol. The smallest absolute Gasteiger partial charge is 0.0899 e. The van der Waals surface area contributed by atoms with Crippen molar-refractivity contribution in [3.8, 4) is 0 Å². The number of benzene rings is 1. The van der Waals surface area contributed by atoms with Crippen LogP contribution < -0.4 is 11.3 Å². The Morgan fingerprint density at radius 2 is 2.05 bits per heavy atom. The first-order valence-corrected chi connectivity index (χ1v) is 6.51. The van der Waals surface area contributed by atoms with Crippen LogP contribution in [0, 0.1) is 6.92 Å². The standard InChI is InChI=1S/C15H17N5/c1-10-9-13(20(2)19-10)15(18-16)12-7-3-5-11-6-4-8-17-14(11)12/h3-9,15,18H,16H2,1-2H3. The van der Waals surface area contributed by atoms with Crippen LogP contribution in [0.4, 0.5) is 0 Å². The van der Waals surface area contributed by atoms with Crippen LogP contribution >= 0.6 is 0 Å². The molecule has 0 spiro atoms. The average Bonchev–Trinajstić information content (AvgIpc) is 2.79. The number of para-hydroxylation sites is 1. The number of pyridine rings is 1. The second-order valence-corrected chi connectivity index (χ2v) is 4.86. The van der Waals surface area contributed by atoms with E-state index in [9.17, 15) is 0 Å². The second-order valence-electron chi connectivity index (χ2n) is 4.86. The van der Waals surface area contributed by atoms with E-state index in [1.807, 2.05) is 55.1 Å². The Balaban J connectivity index is 2.19. The molecule has 0 aliphatic rings. The van der Waals surface area contributed by atoms with Crippen LogP contribution in [0.25, 0.3) is 10.9 Å². The molecular weight excluding hydrogens is 250 g/mol. The summed E-state index contributed by atoms with van der Waals surface area (Å²) in [4.78, 5) is 4.49. The maximum Gasteiger partial charge on any atom is 0.0899 e. The molecule has 1 atom stereocenters. The van der Waals surface area contributed by atoms with Gasteiger partial charge in [0, 0.05) is 24.2 Å². The molecule has 0 fully saturated rings. The summed E-state index contributed by atoms with van der Waals surface area (Å²) in [5.74, 6) is 5.79. The van der Waals surface area contributed by atoms with Crippen LogP contribution in [0.15, 0.2) is 42.6 Å². The predicted octanol–water partition coefficient (Wildman–Crippen LogP) is 1.83. The number of nitrogens with two attached hydrogens (primary N) is 1. The van der Waals surface area contributed by atoms with Gasteiger partial charge in [0.15, 0.2) is 0 Å². The molecule has 3 rings (SSSR count). The zero-order valence-electron chi connectivity index (χ0n) is 11.5. The molecule has 0 saturated carbocycles. The number of nitrogens with one attached hydrogen (secondary N) is 1. The van der Waals surface area contributed by atoms with E-state index in [1.165, 1.54) is 0 Å². The van der Waals surface area contributed by atoms with Crippen LogP contribution in [0.2, 0.25) is 0 Å². The van der Waals surface area contributed by atoms with Gasteiger partial charge >= 0.3 is 0 Å². The van der Waals surface area contributed by atoms with E-state index >= 15 is 0 Å². The van der Waals surface area contributed by atoms with Crippen molar-refractivity contribution < 1.29 is 0 Å². The molecule has 3 N–H and O–H groups in total. The third-order valence-corrected chi connectivity index (χ3v) is 3.48. The van der Waals surface area contributed by atoms with Gasteiger partial charge in [-0.15, -0.1) is 0 Å². The van der Waals surface area contributed by atoms with E-state index in [0.717, 1.165) is 27.9 Å². The first-order valence-electron chi connectivity index (χ1n) is 6.51. The lowest BCUT2D eigenvalue weighted by Crippen LogP contribution is -2.30. The molecule has 2 heterocycles. The summed E-state index contributed by atoms with van der Waals surface area (Å²) in [6, 6.07) is 12.0. The Kier molecular flexibility index (Phi) is 3.22. The quantitative estimate of drug-likeness (QED) is 0.561. The Morgan fingerprint density at radius 3 is 2.75 bits per heavy atom. The SMILES string of the molecule is Cc1cc(C(NN)c2cccc3cccnc23)n(C)n1. The lowest BCUT2D eigenvalue weighted by atomic mass is 10.0. The predicted molar refractivity (Wildman–Crippen MR) is 78.9 cm³/mol. The van der Waals surface area contributed by atoms with Gasteiger partial charge in [0.05, 0.1) is 22.9 Å². The van der Waals surface area contributed by atoms with Crippen molar-refractivity contribution in [2.45, 2.75) is 13.0 Å². The Labute approximate surface area is 117 Å². The van der Waals surface area contributed by atoms with Gasteiger partial charge in [-0.2, -0.15) is 5.10 Å². The molecule has 2 aromatic heterocycles. The minimum atomic E-state index is -0.139. The van der Waals surface area contributed by atoms with Crippen LogP contribution in [0.3, 0.4) is 0 Å². The number of aromatic nitrogens is 3. The summed E-state index contributed by atoms with van der Waals surface area (Å²) in [7, 11) is 1.92. The third-order valence-electron chi connectivity index (χ3n) is 3.48. The number of fused-ring (bicyclic) bond motifs is 1. The van der Waals surface area contributed by atoms with Gasteiger partial charge in [-0.1, -0.05) is 24.3 Å². The fraction of sp³-hybridized carbons (Fsp3) is 0.200. The highest BCUT2D eigenvalue weighted by atomic mass is 15.3. The normalized spacial score (nSPS) is 12.8. The minimum absolute atomic E-state index is 0.139. The molecule has 0 saturated heterocycles. The zero-order chi connectivity index (χ0) is 14.1. The number of hydrogen-bond donors (Lipinski definition) is 2. The van der Waals surface area contributed by atoms with Crippen molar-refractivity contribution >= 4 is 10.9 Å². The Bertz CT molecular complexity index is 742. The summed E-state index contributed by atoms with van der Waals surface area (Å²) in [5.41, 5.74) is 6.87. The van der Waals surface area contributed by atoms with E-state index in [4.69, 9.17) is 5.84 Å². The molecule has 3 aromatic rings. The summed E-state index contributed by atoms with van der Waals surface area (Å²) < 4.78 is 1.85. The highest BCUT2D eigenvalue weighted by Gasteiger charge is 2.19. The fourth-order valence-electron chi connectivity index (χ4n) is 2.60. The van der Waals surface area contributed by atoms with Crippen LogP contribution in [0.5, 0.6) is 0 Å². The van der Waals surface area contributed by atoms with E-state index in [2.05, 4.69) is 15.5 Å². The lowest BCUT2D eigenvalue weighted by Gasteiger charge is -2.18. The van der Waals surface area contributed by atoms with Crippen molar-refractivity contribution in [1.29, 1.82) is 0 Å². The van der Waals surface area contributed by atoms with Crippen molar-refractivity contribution in [2.75, 3.05) is 0 Å². The molecule has 0 bridgehead atoms. The Hall–Kier alpha value is -2.24. The van der Waals surface area contributed by atoms with Gasteiger partial charge in [0.1, 0.15) is 0 Å². The van der Waals surface area contributed by atoms with Crippen molar-refractivity contribution in [1.82, 2.24) is 20.2 Å². The van der Waals surface area contributed by atoms with Gasteiger partial charge in [-0.3, -0.25) is 15.5 Å². The Morgan fingerprint density at radius 1 is 1.25 bits per heavy atom. The van der Waals surface area contributed by atoms with Crippen molar-refractivity contribution in [3.05, 3.63) is 59.5 Å². The highest BCUT2D eigenvalue weighted by molar-refractivity contribution is 5.82. The molecule has 5 nitrogen and oxygen atoms in total. The number of nitrogens with zero attached hydrogens (tertiary/aromatic N) is 3. The number of aryl methyl sites for hydroxylation is 2. The topological polar surface area (TPSA) is 68.8 Å². The van der Waals surface area contributed by atoms with E-state index < -0.39 is 0 Å². The van der Waals surface area contributed by atoms with Gasteiger partial charge in [0.25, 0.3) is 0 Å². The maximum atomic E-state index is 5.79. The number of rotatable bonds is 3. The molecule has 20 heavy (non-hydrogen) atoms. The van der Waals surface area contributed by atoms with Crippen LogP contribution in [0.1, 0.15) is 23.0 Å². The first kappa shape index (κ1) is 12.8. The van der Waals surface area contributed by atoms with Gasteiger partial charge in [0.2, 0.25) is 0 Å². The number of hydrogen-bond acceptors (Lipinski definition) is 4. The van der Waals surface area contributed by atoms with Crippen molar-refractivity contribution in [3.63, 3.8) is 0 Å².